The van der Waals surface area contributed by atoms with E-state index in [2.05, 4.69) is 20.7 Å². The average molecular weight is 348 g/mol. The van der Waals surface area contributed by atoms with Gasteiger partial charge in [-0.25, -0.2) is 0 Å². The minimum Gasteiger partial charge on any atom is -0.467 e. The molecular formula is C11H11BrClF3O2. The SMILES string of the molecule is Cc1cc(Br)cc(CCl)c1OCOCC(F)(F)F. The van der Waals surface area contributed by atoms with Crippen LogP contribution in [0.1, 0.15) is 11.1 Å². The molecule has 0 bridgehead atoms. The van der Waals surface area contributed by atoms with Crippen LogP contribution in [0.25, 0.3) is 0 Å². The zero-order valence-corrected chi connectivity index (χ0v) is 11.8. The van der Waals surface area contributed by atoms with E-state index in [1.54, 1.807) is 19.1 Å². The molecule has 0 aromatic heterocycles. The molecule has 0 unspecified atom stereocenters. The highest BCUT2D eigenvalue weighted by molar-refractivity contribution is 9.10. The van der Waals surface area contributed by atoms with E-state index in [1.807, 2.05) is 0 Å². The van der Waals surface area contributed by atoms with Crippen molar-refractivity contribution in [3.8, 4) is 5.75 Å². The van der Waals surface area contributed by atoms with Crippen LogP contribution in [0, 0.1) is 6.92 Å². The van der Waals surface area contributed by atoms with Crippen molar-refractivity contribution in [1.82, 2.24) is 0 Å². The summed E-state index contributed by atoms with van der Waals surface area (Å²) < 4.78 is 46.0. The quantitative estimate of drug-likeness (QED) is 0.446. The molecule has 1 aromatic carbocycles. The Balaban J connectivity index is 2.62. The summed E-state index contributed by atoms with van der Waals surface area (Å²) in [5, 5.41) is 0. The maximum absolute atomic E-state index is 11.9. The molecule has 0 saturated heterocycles. The molecule has 0 N–H and O–H groups in total. The molecule has 0 aliphatic heterocycles. The summed E-state index contributed by atoms with van der Waals surface area (Å²) in [6.45, 7) is -0.0233. The van der Waals surface area contributed by atoms with Crippen LogP contribution in [0.5, 0.6) is 5.75 Å². The fourth-order valence-corrected chi connectivity index (χ4v) is 2.18. The highest BCUT2D eigenvalue weighted by atomic mass is 79.9. The highest BCUT2D eigenvalue weighted by Gasteiger charge is 2.27. The van der Waals surface area contributed by atoms with Crippen molar-refractivity contribution in [2.45, 2.75) is 19.0 Å². The second kappa shape index (κ2) is 6.63. The molecule has 0 saturated carbocycles. The Hall–Kier alpha value is -0.460. The molecule has 0 spiro atoms. The number of benzene rings is 1. The Morgan fingerprint density at radius 2 is 2.00 bits per heavy atom. The van der Waals surface area contributed by atoms with Gasteiger partial charge in [-0.15, -0.1) is 11.6 Å². The minimum atomic E-state index is -4.35. The Morgan fingerprint density at radius 1 is 1.33 bits per heavy atom. The van der Waals surface area contributed by atoms with Crippen molar-refractivity contribution in [1.29, 1.82) is 0 Å². The van der Waals surface area contributed by atoms with E-state index in [0.717, 1.165) is 10.0 Å². The lowest BCUT2D eigenvalue weighted by molar-refractivity contribution is -0.186. The highest BCUT2D eigenvalue weighted by Crippen LogP contribution is 2.29. The van der Waals surface area contributed by atoms with E-state index in [0.29, 0.717) is 11.3 Å². The van der Waals surface area contributed by atoms with Gasteiger partial charge in [-0.3, -0.25) is 0 Å². The van der Waals surface area contributed by atoms with Gasteiger partial charge in [-0.1, -0.05) is 15.9 Å². The summed E-state index contributed by atoms with van der Waals surface area (Å²) in [5.74, 6) is 0.657. The van der Waals surface area contributed by atoms with Crippen molar-refractivity contribution < 1.29 is 22.6 Å². The van der Waals surface area contributed by atoms with E-state index in [9.17, 15) is 13.2 Å². The molecule has 0 heterocycles. The fourth-order valence-electron chi connectivity index (χ4n) is 1.36. The summed E-state index contributed by atoms with van der Waals surface area (Å²) in [6.07, 6.45) is -4.35. The van der Waals surface area contributed by atoms with Gasteiger partial charge in [0.25, 0.3) is 0 Å². The number of aryl methyl sites for hydroxylation is 1. The van der Waals surface area contributed by atoms with Gasteiger partial charge in [0, 0.05) is 10.0 Å². The smallest absolute Gasteiger partial charge is 0.411 e. The summed E-state index contributed by atoms with van der Waals surface area (Å²) in [4.78, 5) is 0. The van der Waals surface area contributed by atoms with Crippen LogP contribution < -0.4 is 4.74 Å². The molecule has 18 heavy (non-hydrogen) atoms. The molecule has 1 rings (SSSR count). The Morgan fingerprint density at radius 3 is 2.56 bits per heavy atom. The average Bonchev–Trinajstić information content (AvgIpc) is 2.24. The second-order valence-electron chi connectivity index (χ2n) is 3.57. The van der Waals surface area contributed by atoms with Crippen molar-refractivity contribution in [3.05, 3.63) is 27.7 Å². The first-order valence-electron chi connectivity index (χ1n) is 4.96. The first kappa shape index (κ1) is 15.6. The molecule has 0 amide bonds. The summed E-state index contributed by atoms with van der Waals surface area (Å²) >= 11 is 9.04. The van der Waals surface area contributed by atoms with Crippen LogP contribution in [-0.4, -0.2) is 19.6 Å². The third-order valence-electron chi connectivity index (χ3n) is 2.01. The second-order valence-corrected chi connectivity index (χ2v) is 4.75. The van der Waals surface area contributed by atoms with Gasteiger partial charge in [0.2, 0.25) is 0 Å². The van der Waals surface area contributed by atoms with E-state index in [1.165, 1.54) is 0 Å². The monoisotopic (exact) mass is 346 g/mol. The Labute approximate surface area is 116 Å². The lowest BCUT2D eigenvalue weighted by Crippen LogP contribution is -2.19. The van der Waals surface area contributed by atoms with Gasteiger partial charge >= 0.3 is 6.18 Å². The largest absolute Gasteiger partial charge is 0.467 e. The van der Waals surface area contributed by atoms with Crippen molar-refractivity contribution in [2.75, 3.05) is 13.4 Å². The Kier molecular flexibility index (Phi) is 5.75. The number of halogens is 5. The van der Waals surface area contributed by atoms with Crippen molar-refractivity contribution >= 4 is 27.5 Å². The fraction of sp³-hybridized carbons (Fsp3) is 0.455. The molecular weight excluding hydrogens is 336 g/mol. The summed E-state index contributed by atoms with van der Waals surface area (Å²) in [5.41, 5.74) is 1.47. The number of ether oxygens (including phenoxy) is 2. The summed E-state index contributed by atoms with van der Waals surface area (Å²) in [6, 6.07) is 3.54. The normalized spacial score (nSPS) is 11.7. The van der Waals surface area contributed by atoms with Crippen LogP contribution >= 0.6 is 27.5 Å². The number of hydrogen-bond donors (Lipinski definition) is 0. The van der Waals surface area contributed by atoms with Gasteiger partial charge < -0.3 is 9.47 Å². The zero-order valence-electron chi connectivity index (χ0n) is 9.48. The lowest BCUT2D eigenvalue weighted by atomic mass is 10.1. The van der Waals surface area contributed by atoms with Gasteiger partial charge in [-0.2, -0.15) is 13.2 Å². The van der Waals surface area contributed by atoms with Gasteiger partial charge in [-0.05, 0) is 24.6 Å². The van der Waals surface area contributed by atoms with Crippen molar-refractivity contribution in [2.24, 2.45) is 0 Å². The molecule has 0 atom stereocenters. The van der Waals surface area contributed by atoms with Crippen LogP contribution in [0.15, 0.2) is 16.6 Å². The van der Waals surface area contributed by atoms with Crippen LogP contribution in [0.2, 0.25) is 0 Å². The number of alkyl halides is 4. The van der Waals surface area contributed by atoms with E-state index in [-0.39, 0.29) is 5.88 Å². The van der Waals surface area contributed by atoms with E-state index < -0.39 is 19.6 Å². The third-order valence-corrected chi connectivity index (χ3v) is 2.76. The molecule has 2 nitrogen and oxygen atoms in total. The molecule has 1 aromatic rings. The number of hydrogen-bond acceptors (Lipinski definition) is 2. The Bertz CT molecular complexity index is 410. The first-order valence-corrected chi connectivity index (χ1v) is 6.28. The van der Waals surface area contributed by atoms with Gasteiger partial charge in [0.05, 0.1) is 5.88 Å². The number of rotatable bonds is 5. The van der Waals surface area contributed by atoms with Crippen LogP contribution in [-0.2, 0) is 10.6 Å². The van der Waals surface area contributed by atoms with Crippen LogP contribution in [0.4, 0.5) is 13.2 Å². The third kappa shape index (κ3) is 5.04. The molecule has 0 aliphatic carbocycles. The standard InChI is InChI=1S/C11H11BrClF3O2/c1-7-2-9(12)3-8(4-13)10(7)18-6-17-5-11(14,15)16/h2-3H,4-6H2,1H3. The predicted molar refractivity (Wildman–Crippen MR) is 65.9 cm³/mol. The minimum absolute atomic E-state index is 0.203. The molecule has 102 valence electrons. The molecule has 0 radical (unpaired) electrons. The van der Waals surface area contributed by atoms with E-state index in [4.69, 9.17) is 16.3 Å². The predicted octanol–water partition coefficient (Wildman–Crippen LogP) is 4.41. The zero-order chi connectivity index (χ0) is 13.8. The molecule has 0 aliphatic rings. The first-order chi connectivity index (χ1) is 8.33. The molecule has 0 fully saturated rings. The lowest BCUT2D eigenvalue weighted by Gasteiger charge is -2.14. The van der Waals surface area contributed by atoms with Crippen LogP contribution in [0.3, 0.4) is 0 Å². The molecule has 7 heteroatoms. The topological polar surface area (TPSA) is 18.5 Å². The maximum atomic E-state index is 11.9. The van der Waals surface area contributed by atoms with Gasteiger partial charge in [0.15, 0.2) is 6.79 Å². The maximum Gasteiger partial charge on any atom is 0.411 e. The summed E-state index contributed by atoms with van der Waals surface area (Å²) in [7, 11) is 0. The van der Waals surface area contributed by atoms with Crippen molar-refractivity contribution in [3.63, 3.8) is 0 Å². The van der Waals surface area contributed by atoms with Gasteiger partial charge in [0.1, 0.15) is 12.4 Å². The van der Waals surface area contributed by atoms with E-state index >= 15 is 0 Å².